The topological polar surface area (TPSA) is 68.3 Å². The van der Waals surface area contributed by atoms with Crippen LogP contribution in [0.5, 0.6) is 0 Å². The zero-order valence-electron chi connectivity index (χ0n) is 14.2. The van der Waals surface area contributed by atoms with Gasteiger partial charge in [-0.05, 0) is 37.1 Å². The summed E-state index contributed by atoms with van der Waals surface area (Å²) in [6.07, 6.45) is 1.37. The van der Waals surface area contributed by atoms with Gasteiger partial charge >= 0.3 is 5.97 Å². The fourth-order valence-electron chi connectivity index (χ4n) is 2.40. The number of amides is 1. The number of hydrogen-bond acceptors (Lipinski definition) is 5. The Morgan fingerprint density at radius 2 is 1.93 bits per heavy atom. The number of hydrogen-bond donors (Lipinski definition) is 1. The van der Waals surface area contributed by atoms with Crippen LogP contribution in [0.25, 0.3) is 10.2 Å². The molecule has 0 aliphatic rings. The molecule has 0 spiro atoms. The van der Waals surface area contributed by atoms with Crippen LogP contribution < -0.4 is 5.32 Å². The van der Waals surface area contributed by atoms with Gasteiger partial charge in [0.1, 0.15) is 0 Å². The van der Waals surface area contributed by atoms with Crippen LogP contribution in [0, 0.1) is 11.6 Å². The van der Waals surface area contributed by atoms with E-state index < -0.39 is 30.1 Å². The molecule has 0 aliphatic carbocycles. The van der Waals surface area contributed by atoms with Crippen LogP contribution >= 0.6 is 11.3 Å². The highest BCUT2D eigenvalue weighted by atomic mass is 32.1. The van der Waals surface area contributed by atoms with Crippen LogP contribution in [0.15, 0.2) is 42.5 Å². The number of nitrogens with one attached hydrogen (secondary N) is 1. The van der Waals surface area contributed by atoms with E-state index in [1.807, 2.05) is 24.3 Å². The Balaban J connectivity index is 1.38. The Morgan fingerprint density at radius 1 is 1.11 bits per heavy atom. The van der Waals surface area contributed by atoms with Crippen LogP contribution in [-0.2, 0) is 20.7 Å². The van der Waals surface area contributed by atoms with E-state index in [4.69, 9.17) is 4.74 Å². The Labute approximate surface area is 158 Å². The number of ether oxygens (including phenoxy) is 1. The number of halogens is 2. The minimum absolute atomic E-state index is 0.0887. The van der Waals surface area contributed by atoms with Gasteiger partial charge in [-0.2, -0.15) is 0 Å². The molecule has 3 rings (SSSR count). The molecule has 0 saturated carbocycles. The van der Waals surface area contributed by atoms with Crippen molar-refractivity contribution in [3.8, 4) is 0 Å². The molecule has 3 aromatic rings. The van der Waals surface area contributed by atoms with Gasteiger partial charge in [0.25, 0.3) is 5.91 Å². The van der Waals surface area contributed by atoms with Crippen LogP contribution in [0.1, 0.15) is 17.8 Å². The molecule has 0 radical (unpaired) electrons. The molecule has 0 atom stereocenters. The standard InChI is InChI=1S/C19H16F2N2O3S/c20-13-9-8-12(10-14(13)21)22-17(24)11-26-19(25)7-3-6-18-23-15-4-1-2-5-16(15)27-18/h1-2,4-5,8-10H,3,6-7,11H2,(H,22,24). The lowest BCUT2D eigenvalue weighted by Gasteiger charge is -2.07. The van der Waals surface area contributed by atoms with E-state index in [1.54, 1.807) is 11.3 Å². The maximum atomic E-state index is 13.1. The third-order valence-electron chi connectivity index (χ3n) is 3.68. The Bertz CT molecular complexity index is 941. The van der Waals surface area contributed by atoms with E-state index >= 15 is 0 Å². The van der Waals surface area contributed by atoms with Crippen molar-refractivity contribution in [3.63, 3.8) is 0 Å². The van der Waals surface area contributed by atoms with E-state index in [0.29, 0.717) is 12.8 Å². The van der Waals surface area contributed by atoms with Gasteiger partial charge in [0.2, 0.25) is 0 Å². The molecule has 0 saturated heterocycles. The monoisotopic (exact) mass is 390 g/mol. The smallest absolute Gasteiger partial charge is 0.306 e. The number of carbonyl (C=O) groups excluding carboxylic acids is 2. The van der Waals surface area contributed by atoms with Gasteiger partial charge in [-0.3, -0.25) is 9.59 Å². The summed E-state index contributed by atoms with van der Waals surface area (Å²) in [5, 5.41) is 3.28. The van der Waals surface area contributed by atoms with E-state index in [1.165, 1.54) is 6.07 Å². The van der Waals surface area contributed by atoms with E-state index in [9.17, 15) is 18.4 Å². The van der Waals surface area contributed by atoms with Crippen molar-refractivity contribution in [2.24, 2.45) is 0 Å². The van der Waals surface area contributed by atoms with E-state index in [2.05, 4.69) is 10.3 Å². The highest BCUT2D eigenvalue weighted by Crippen LogP contribution is 2.22. The zero-order chi connectivity index (χ0) is 19.2. The number of thiazole rings is 1. The molecule has 27 heavy (non-hydrogen) atoms. The molecule has 0 aliphatic heterocycles. The summed E-state index contributed by atoms with van der Waals surface area (Å²) in [5.74, 6) is -3.20. The van der Waals surface area contributed by atoms with Crippen LogP contribution in [-0.4, -0.2) is 23.5 Å². The average Bonchev–Trinajstić information content (AvgIpc) is 3.06. The second kappa shape index (κ2) is 8.68. The maximum absolute atomic E-state index is 13.1. The van der Waals surface area contributed by atoms with Crippen molar-refractivity contribution in [2.45, 2.75) is 19.3 Å². The van der Waals surface area contributed by atoms with Crippen molar-refractivity contribution >= 4 is 39.1 Å². The number of aryl methyl sites for hydroxylation is 1. The molecule has 140 valence electrons. The molecule has 1 heterocycles. The molecule has 1 amide bonds. The number of benzene rings is 2. The van der Waals surface area contributed by atoms with E-state index in [0.717, 1.165) is 27.4 Å². The molecular formula is C19H16F2N2O3S. The summed E-state index contributed by atoms with van der Waals surface area (Å²) < 4.78 is 31.9. The summed E-state index contributed by atoms with van der Waals surface area (Å²) in [6.45, 7) is -0.487. The fourth-order valence-corrected chi connectivity index (χ4v) is 3.41. The molecule has 1 N–H and O–H groups in total. The van der Waals surface area contributed by atoms with Crippen LogP contribution in [0.2, 0.25) is 0 Å². The van der Waals surface area contributed by atoms with Crippen LogP contribution in [0.3, 0.4) is 0 Å². The summed E-state index contributed by atoms with van der Waals surface area (Å²) in [5.41, 5.74) is 1.03. The minimum atomic E-state index is -1.07. The largest absolute Gasteiger partial charge is 0.456 e. The highest BCUT2D eigenvalue weighted by molar-refractivity contribution is 7.18. The molecule has 2 aromatic carbocycles. The molecule has 8 heteroatoms. The summed E-state index contributed by atoms with van der Waals surface area (Å²) in [4.78, 5) is 27.9. The number of nitrogens with zero attached hydrogens (tertiary/aromatic N) is 1. The molecular weight excluding hydrogens is 374 g/mol. The second-order valence-corrected chi connectivity index (χ2v) is 6.88. The summed E-state index contributed by atoms with van der Waals surface area (Å²) in [7, 11) is 0. The van der Waals surface area contributed by atoms with Gasteiger partial charge in [0, 0.05) is 18.2 Å². The predicted octanol–water partition coefficient (Wildman–Crippen LogP) is 4.08. The Hall–Kier alpha value is -2.87. The average molecular weight is 390 g/mol. The van der Waals surface area contributed by atoms with Gasteiger partial charge in [-0.15, -0.1) is 11.3 Å². The molecule has 5 nitrogen and oxygen atoms in total. The van der Waals surface area contributed by atoms with Crippen molar-refractivity contribution in [1.82, 2.24) is 4.98 Å². The van der Waals surface area contributed by atoms with Crippen molar-refractivity contribution < 1.29 is 23.1 Å². The third kappa shape index (κ3) is 5.30. The molecule has 0 fully saturated rings. The van der Waals surface area contributed by atoms with Crippen molar-refractivity contribution in [1.29, 1.82) is 0 Å². The number of esters is 1. The first-order valence-corrected chi connectivity index (χ1v) is 9.08. The minimum Gasteiger partial charge on any atom is -0.456 e. The maximum Gasteiger partial charge on any atom is 0.306 e. The van der Waals surface area contributed by atoms with Gasteiger partial charge < -0.3 is 10.1 Å². The normalized spacial score (nSPS) is 10.7. The molecule has 1 aromatic heterocycles. The number of fused-ring (bicyclic) bond motifs is 1. The number of anilines is 1. The number of carbonyl (C=O) groups is 2. The lowest BCUT2D eigenvalue weighted by molar-refractivity contribution is -0.147. The number of para-hydroxylation sites is 1. The van der Waals surface area contributed by atoms with E-state index in [-0.39, 0.29) is 12.1 Å². The fraction of sp³-hybridized carbons (Fsp3) is 0.211. The Morgan fingerprint density at radius 3 is 2.70 bits per heavy atom. The first-order chi connectivity index (χ1) is 13.0. The zero-order valence-corrected chi connectivity index (χ0v) is 15.0. The lowest BCUT2D eigenvalue weighted by atomic mass is 10.2. The first-order valence-electron chi connectivity index (χ1n) is 8.26. The second-order valence-electron chi connectivity index (χ2n) is 5.77. The Kier molecular flexibility index (Phi) is 6.08. The lowest BCUT2D eigenvalue weighted by Crippen LogP contribution is -2.21. The van der Waals surface area contributed by atoms with Gasteiger partial charge in [0.15, 0.2) is 18.2 Å². The van der Waals surface area contributed by atoms with Crippen molar-refractivity contribution in [3.05, 3.63) is 59.1 Å². The number of aromatic nitrogens is 1. The predicted molar refractivity (Wildman–Crippen MR) is 98.5 cm³/mol. The van der Waals surface area contributed by atoms with Gasteiger partial charge in [0.05, 0.1) is 15.2 Å². The van der Waals surface area contributed by atoms with Crippen molar-refractivity contribution in [2.75, 3.05) is 11.9 Å². The SMILES string of the molecule is O=C(COC(=O)CCCc1nc2ccccc2s1)Nc1ccc(F)c(F)c1. The van der Waals surface area contributed by atoms with Gasteiger partial charge in [-0.25, -0.2) is 13.8 Å². The van der Waals surface area contributed by atoms with Crippen LogP contribution in [0.4, 0.5) is 14.5 Å². The highest BCUT2D eigenvalue weighted by Gasteiger charge is 2.10. The summed E-state index contributed by atoms with van der Waals surface area (Å²) >= 11 is 1.59. The first kappa shape index (κ1) is 18.9. The van der Waals surface area contributed by atoms with Gasteiger partial charge in [-0.1, -0.05) is 12.1 Å². The quantitative estimate of drug-likeness (QED) is 0.618. The molecule has 0 unspecified atom stereocenters. The number of rotatable bonds is 7. The molecule has 0 bridgehead atoms. The summed E-state index contributed by atoms with van der Waals surface area (Å²) in [6, 6.07) is 10.8. The third-order valence-corrected chi connectivity index (χ3v) is 4.77.